The van der Waals surface area contributed by atoms with Crippen molar-refractivity contribution in [2.45, 2.75) is 33.4 Å². The maximum absolute atomic E-state index is 13.2. The zero-order valence-corrected chi connectivity index (χ0v) is 12.2. The predicted molar refractivity (Wildman–Crippen MR) is 77.7 cm³/mol. The van der Waals surface area contributed by atoms with E-state index in [9.17, 15) is 4.39 Å². The van der Waals surface area contributed by atoms with Crippen LogP contribution in [0.4, 0.5) is 4.39 Å². The number of rotatable bonds is 6. The van der Waals surface area contributed by atoms with Gasteiger partial charge in [0.25, 0.3) is 0 Å². The SMILES string of the molecule is CCc1nc(CN(CC)Cc2cccc(F)c2)cs1. The number of aromatic nitrogens is 1. The molecule has 1 aromatic heterocycles. The summed E-state index contributed by atoms with van der Waals surface area (Å²) in [6, 6.07) is 6.80. The van der Waals surface area contributed by atoms with Gasteiger partial charge in [0.15, 0.2) is 0 Å². The zero-order chi connectivity index (χ0) is 13.7. The van der Waals surface area contributed by atoms with E-state index in [2.05, 4.69) is 29.1 Å². The second kappa shape index (κ2) is 6.78. The molecule has 0 aliphatic rings. The van der Waals surface area contributed by atoms with E-state index in [-0.39, 0.29) is 5.82 Å². The summed E-state index contributed by atoms with van der Waals surface area (Å²) in [4.78, 5) is 6.85. The molecule has 0 unspecified atom stereocenters. The molecule has 2 rings (SSSR count). The molecule has 0 bridgehead atoms. The van der Waals surface area contributed by atoms with Crippen LogP contribution < -0.4 is 0 Å². The van der Waals surface area contributed by atoms with Crippen LogP contribution in [0.3, 0.4) is 0 Å². The zero-order valence-electron chi connectivity index (χ0n) is 11.4. The van der Waals surface area contributed by atoms with Crippen LogP contribution in [0.1, 0.15) is 30.1 Å². The van der Waals surface area contributed by atoms with Crippen molar-refractivity contribution in [2.24, 2.45) is 0 Å². The Balaban J connectivity index is 2.00. The van der Waals surface area contributed by atoms with Gasteiger partial charge in [0.2, 0.25) is 0 Å². The van der Waals surface area contributed by atoms with Gasteiger partial charge in [-0.3, -0.25) is 4.90 Å². The van der Waals surface area contributed by atoms with Crippen molar-refractivity contribution < 1.29 is 4.39 Å². The van der Waals surface area contributed by atoms with Crippen LogP contribution in [0.15, 0.2) is 29.6 Å². The monoisotopic (exact) mass is 278 g/mol. The van der Waals surface area contributed by atoms with Crippen LogP contribution in [0, 0.1) is 5.82 Å². The first kappa shape index (κ1) is 14.2. The molecular formula is C15H19FN2S. The van der Waals surface area contributed by atoms with E-state index >= 15 is 0 Å². The van der Waals surface area contributed by atoms with Gasteiger partial charge in [0.05, 0.1) is 10.7 Å². The third-order valence-electron chi connectivity index (χ3n) is 3.03. The highest BCUT2D eigenvalue weighted by Crippen LogP contribution is 2.14. The van der Waals surface area contributed by atoms with Gasteiger partial charge >= 0.3 is 0 Å². The Morgan fingerprint density at radius 3 is 2.74 bits per heavy atom. The van der Waals surface area contributed by atoms with E-state index < -0.39 is 0 Å². The first-order valence-corrected chi connectivity index (χ1v) is 7.49. The molecule has 0 aliphatic carbocycles. The lowest BCUT2D eigenvalue weighted by atomic mass is 10.2. The Morgan fingerprint density at radius 2 is 2.11 bits per heavy atom. The van der Waals surface area contributed by atoms with E-state index in [0.29, 0.717) is 0 Å². The number of benzene rings is 1. The van der Waals surface area contributed by atoms with Crippen molar-refractivity contribution >= 4 is 11.3 Å². The molecule has 0 amide bonds. The van der Waals surface area contributed by atoms with E-state index in [1.54, 1.807) is 23.5 Å². The highest BCUT2D eigenvalue weighted by atomic mass is 32.1. The minimum Gasteiger partial charge on any atom is -0.294 e. The summed E-state index contributed by atoms with van der Waals surface area (Å²) < 4.78 is 13.2. The molecule has 1 heterocycles. The Bertz CT molecular complexity index is 524. The summed E-state index contributed by atoms with van der Waals surface area (Å²) in [5.74, 6) is -0.171. The molecule has 19 heavy (non-hydrogen) atoms. The fraction of sp³-hybridized carbons (Fsp3) is 0.400. The molecule has 0 atom stereocenters. The third kappa shape index (κ3) is 4.11. The van der Waals surface area contributed by atoms with Crippen molar-refractivity contribution in [3.8, 4) is 0 Å². The van der Waals surface area contributed by atoms with Crippen molar-refractivity contribution in [3.63, 3.8) is 0 Å². The normalized spacial score (nSPS) is 11.2. The molecule has 4 heteroatoms. The van der Waals surface area contributed by atoms with Crippen LogP contribution in [0.25, 0.3) is 0 Å². The average molecular weight is 278 g/mol. The van der Waals surface area contributed by atoms with E-state index in [1.807, 2.05) is 6.07 Å². The summed E-state index contributed by atoms with van der Waals surface area (Å²) in [7, 11) is 0. The molecule has 0 aliphatic heterocycles. The summed E-state index contributed by atoms with van der Waals surface area (Å²) in [5.41, 5.74) is 2.12. The molecule has 1 aromatic carbocycles. The number of hydrogen-bond donors (Lipinski definition) is 0. The van der Waals surface area contributed by atoms with E-state index in [1.165, 1.54) is 11.1 Å². The van der Waals surface area contributed by atoms with Crippen molar-refractivity contribution in [2.75, 3.05) is 6.54 Å². The van der Waals surface area contributed by atoms with Crippen LogP contribution >= 0.6 is 11.3 Å². The van der Waals surface area contributed by atoms with Gasteiger partial charge in [-0.25, -0.2) is 9.37 Å². The maximum atomic E-state index is 13.2. The molecule has 2 aromatic rings. The molecule has 102 valence electrons. The maximum Gasteiger partial charge on any atom is 0.123 e. The first-order chi connectivity index (χ1) is 9.21. The lowest BCUT2D eigenvalue weighted by molar-refractivity contribution is 0.268. The topological polar surface area (TPSA) is 16.1 Å². The van der Waals surface area contributed by atoms with Crippen molar-refractivity contribution in [1.82, 2.24) is 9.88 Å². The van der Waals surface area contributed by atoms with Crippen molar-refractivity contribution in [1.29, 1.82) is 0 Å². The molecule has 0 N–H and O–H groups in total. The fourth-order valence-electron chi connectivity index (χ4n) is 1.99. The van der Waals surface area contributed by atoms with Gasteiger partial charge in [0.1, 0.15) is 5.82 Å². The van der Waals surface area contributed by atoms with E-state index in [4.69, 9.17) is 0 Å². The molecule has 0 fully saturated rings. The smallest absolute Gasteiger partial charge is 0.123 e. The van der Waals surface area contributed by atoms with Gasteiger partial charge in [-0.05, 0) is 30.7 Å². The van der Waals surface area contributed by atoms with Crippen LogP contribution in [-0.4, -0.2) is 16.4 Å². The number of aryl methyl sites for hydroxylation is 1. The molecular weight excluding hydrogens is 259 g/mol. The van der Waals surface area contributed by atoms with Gasteiger partial charge in [-0.2, -0.15) is 0 Å². The van der Waals surface area contributed by atoms with Gasteiger partial charge < -0.3 is 0 Å². The Hall–Kier alpha value is -1.26. The quantitative estimate of drug-likeness (QED) is 0.797. The summed E-state index contributed by atoms with van der Waals surface area (Å²) in [6.07, 6.45) is 0.987. The number of thiazole rings is 1. The summed E-state index contributed by atoms with van der Waals surface area (Å²) in [6.45, 7) is 6.74. The molecule has 0 radical (unpaired) electrons. The molecule has 0 saturated carbocycles. The number of hydrogen-bond acceptors (Lipinski definition) is 3. The average Bonchev–Trinajstić information content (AvgIpc) is 2.85. The second-order valence-electron chi connectivity index (χ2n) is 4.52. The Labute approximate surface area is 117 Å². The third-order valence-corrected chi connectivity index (χ3v) is 4.07. The minimum absolute atomic E-state index is 0.171. The lowest BCUT2D eigenvalue weighted by Crippen LogP contribution is -2.22. The second-order valence-corrected chi connectivity index (χ2v) is 5.46. The summed E-state index contributed by atoms with van der Waals surface area (Å²) >= 11 is 1.71. The number of nitrogens with zero attached hydrogens (tertiary/aromatic N) is 2. The highest BCUT2D eigenvalue weighted by molar-refractivity contribution is 7.09. The van der Waals surface area contributed by atoms with Gasteiger partial charge in [0, 0.05) is 18.5 Å². The molecule has 2 nitrogen and oxygen atoms in total. The molecule has 0 spiro atoms. The minimum atomic E-state index is -0.171. The summed E-state index contributed by atoms with van der Waals surface area (Å²) in [5, 5.41) is 3.30. The van der Waals surface area contributed by atoms with Crippen LogP contribution in [0.5, 0.6) is 0 Å². The predicted octanol–water partition coefficient (Wildman–Crippen LogP) is 3.87. The van der Waals surface area contributed by atoms with Crippen LogP contribution in [-0.2, 0) is 19.5 Å². The highest BCUT2D eigenvalue weighted by Gasteiger charge is 2.08. The van der Waals surface area contributed by atoms with Gasteiger partial charge in [-0.15, -0.1) is 11.3 Å². The largest absolute Gasteiger partial charge is 0.294 e. The first-order valence-electron chi connectivity index (χ1n) is 6.61. The van der Waals surface area contributed by atoms with Crippen LogP contribution in [0.2, 0.25) is 0 Å². The Kier molecular flexibility index (Phi) is 5.05. The molecule has 0 saturated heterocycles. The standard InChI is InChI=1S/C15H19FN2S/c1-3-15-17-14(11-19-15)10-18(4-2)9-12-6-5-7-13(16)8-12/h5-8,11H,3-4,9-10H2,1-2H3. The number of halogens is 1. The Morgan fingerprint density at radius 1 is 1.26 bits per heavy atom. The lowest BCUT2D eigenvalue weighted by Gasteiger charge is -2.19. The van der Waals surface area contributed by atoms with E-state index in [0.717, 1.165) is 37.3 Å². The fourth-order valence-corrected chi connectivity index (χ4v) is 2.72. The van der Waals surface area contributed by atoms with Crippen molar-refractivity contribution in [3.05, 3.63) is 51.7 Å². The van der Waals surface area contributed by atoms with Gasteiger partial charge in [-0.1, -0.05) is 26.0 Å².